The topological polar surface area (TPSA) is 24.1 Å². The molecular formula is C13H21BrN2. The fourth-order valence-corrected chi connectivity index (χ4v) is 2.55. The van der Waals surface area contributed by atoms with Gasteiger partial charge >= 0.3 is 0 Å². The van der Waals surface area contributed by atoms with E-state index in [9.17, 15) is 0 Å². The fraction of sp³-hybridized carbons (Fsp3) is 0.538. The Balaban J connectivity index is 2.87. The van der Waals surface area contributed by atoms with E-state index < -0.39 is 0 Å². The number of halogens is 1. The Bertz CT molecular complexity index is 315. The average molecular weight is 285 g/mol. The lowest BCUT2D eigenvalue weighted by Gasteiger charge is -2.26. The molecule has 1 rings (SSSR count). The second-order valence-corrected chi connectivity index (χ2v) is 4.96. The maximum absolute atomic E-state index is 3.53. The molecule has 0 heterocycles. The first-order valence-corrected chi connectivity index (χ1v) is 6.59. The molecule has 16 heavy (non-hydrogen) atoms. The molecule has 0 fully saturated rings. The number of benzene rings is 1. The molecule has 0 bridgehead atoms. The predicted molar refractivity (Wildman–Crippen MR) is 73.7 cm³/mol. The molecule has 3 heteroatoms. The molecule has 0 saturated heterocycles. The van der Waals surface area contributed by atoms with Crippen molar-refractivity contribution in [3.8, 4) is 0 Å². The van der Waals surface area contributed by atoms with E-state index in [2.05, 4.69) is 57.8 Å². The van der Waals surface area contributed by atoms with Gasteiger partial charge in [-0.3, -0.25) is 0 Å². The van der Waals surface area contributed by atoms with Gasteiger partial charge in [-0.2, -0.15) is 0 Å². The lowest BCUT2D eigenvalue weighted by Crippen LogP contribution is -2.31. The van der Waals surface area contributed by atoms with Crippen molar-refractivity contribution in [3.05, 3.63) is 34.3 Å². The summed E-state index contributed by atoms with van der Waals surface area (Å²) in [6.45, 7) is 3.28. The molecule has 0 aliphatic heterocycles. The smallest absolute Gasteiger partial charge is 0.0358 e. The normalized spacial score (nSPS) is 14.8. The van der Waals surface area contributed by atoms with Crippen LogP contribution in [0.1, 0.15) is 24.9 Å². The van der Waals surface area contributed by atoms with Gasteiger partial charge in [-0.15, -0.1) is 0 Å². The van der Waals surface area contributed by atoms with Crippen LogP contribution in [0.5, 0.6) is 0 Å². The summed E-state index contributed by atoms with van der Waals surface area (Å²) in [5.41, 5.74) is 1.35. The summed E-state index contributed by atoms with van der Waals surface area (Å²) in [5, 5.41) is 6.69. The van der Waals surface area contributed by atoms with Crippen molar-refractivity contribution in [3.63, 3.8) is 0 Å². The van der Waals surface area contributed by atoms with Crippen LogP contribution in [0.2, 0.25) is 0 Å². The van der Waals surface area contributed by atoms with Crippen LogP contribution in [-0.2, 0) is 0 Å². The lowest BCUT2D eigenvalue weighted by molar-refractivity contribution is 0.359. The van der Waals surface area contributed by atoms with Crippen molar-refractivity contribution in [2.24, 2.45) is 5.92 Å². The minimum atomic E-state index is 0.412. The summed E-state index contributed by atoms with van der Waals surface area (Å²) in [4.78, 5) is 0. The second kappa shape index (κ2) is 7.05. The van der Waals surface area contributed by atoms with Crippen LogP contribution < -0.4 is 10.6 Å². The monoisotopic (exact) mass is 284 g/mol. The van der Waals surface area contributed by atoms with Gasteiger partial charge in [0.1, 0.15) is 0 Å². The second-order valence-electron chi connectivity index (χ2n) is 4.05. The Morgan fingerprint density at radius 2 is 2.06 bits per heavy atom. The highest BCUT2D eigenvalue weighted by Crippen LogP contribution is 2.26. The molecule has 0 saturated carbocycles. The van der Waals surface area contributed by atoms with Crippen molar-refractivity contribution >= 4 is 15.9 Å². The Morgan fingerprint density at radius 3 is 2.56 bits per heavy atom. The number of hydrogen-bond acceptors (Lipinski definition) is 2. The standard InChI is InChI=1S/C13H21BrN2/c1-4-10(9-15-2)13(16-3)11-6-5-7-12(14)8-11/h5-8,10,13,15-16H,4,9H2,1-3H3. The molecule has 1 aromatic rings. The molecule has 0 aliphatic rings. The molecular weight excluding hydrogens is 264 g/mol. The van der Waals surface area contributed by atoms with Crippen molar-refractivity contribution in [1.29, 1.82) is 0 Å². The van der Waals surface area contributed by atoms with Gasteiger partial charge in [-0.25, -0.2) is 0 Å². The predicted octanol–water partition coefficient (Wildman–Crippen LogP) is 2.96. The molecule has 2 nitrogen and oxygen atoms in total. The third-order valence-electron chi connectivity index (χ3n) is 2.98. The zero-order valence-electron chi connectivity index (χ0n) is 10.3. The molecule has 0 amide bonds. The molecule has 2 unspecified atom stereocenters. The first kappa shape index (κ1) is 13.7. The van der Waals surface area contributed by atoms with Crippen molar-refractivity contribution in [1.82, 2.24) is 10.6 Å². The van der Waals surface area contributed by atoms with Crippen LogP contribution in [0.3, 0.4) is 0 Å². The Hall–Kier alpha value is -0.380. The summed E-state index contributed by atoms with van der Waals surface area (Å²) in [6.07, 6.45) is 1.17. The van der Waals surface area contributed by atoms with Crippen molar-refractivity contribution in [2.75, 3.05) is 20.6 Å². The number of nitrogens with one attached hydrogen (secondary N) is 2. The largest absolute Gasteiger partial charge is 0.319 e. The molecule has 0 spiro atoms. The van der Waals surface area contributed by atoms with E-state index in [0.29, 0.717) is 12.0 Å². The molecule has 2 N–H and O–H groups in total. The van der Waals surface area contributed by atoms with Crippen molar-refractivity contribution in [2.45, 2.75) is 19.4 Å². The summed E-state index contributed by atoms with van der Waals surface area (Å²) in [6, 6.07) is 8.95. The van der Waals surface area contributed by atoms with Gasteiger partial charge in [0.2, 0.25) is 0 Å². The van der Waals surface area contributed by atoms with E-state index in [0.717, 1.165) is 11.0 Å². The summed E-state index contributed by atoms with van der Waals surface area (Å²) in [5.74, 6) is 0.615. The third kappa shape index (κ3) is 3.58. The van der Waals surface area contributed by atoms with Gasteiger partial charge in [0.15, 0.2) is 0 Å². The van der Waals surface area contributed by atoms with Crippen LogP contribution in [-0.4, -0.2) is 20.6 Å². The van der Waals surface area contributed by atoms with Crippen LogP contribution in [0.4, 0.5) is 0 Å². The molecule has 2 atom stereocenters. The van der Waals surface area contributed by atoms with Crippen LogP contribution >= 0.6 is 15.9 Å². The van der Waals surface area contributed by atoms with Gasteiger partial charge in [0, 0.05) is 10.5 Å². The minimum Gasteiger partial charge on any atom is -0.319 e. The zero-order chi connectivity index (χ0) is 12.0. The lowest BCUT2D eigenvalue weighted by atomic mass is 9.91. The van der Waals surface area contributed by atoms with E-state index in [-0.39, 0.29) is 0 Å². The van der Waals surface area contributed by atoms with E-state index in [4.69, 9.17) is 0 Å². The van der Waals surface area contributed by atoms with Crippen LogP contribution in [0, 0.1) is 5.92 Å². The van der Waals surface area contributed by atoms with E-state index in [1.807, 2.05) is 14.1 Å². The molecule has 0 aliphatic carbocycles. The Labute approximate surface area is 107 Å². The Morgan fingerprint density at radius 1 is 1.31 bits per heavy atom. The molecule has 0 aromatic heterocycles. The van der Waals surface area contributed by atoms with Gasteiger partial charge in [-0.1, -0.05) is 41.4 Å². The maximum atomic E-state index is 3.53. The highest BCUT2D eigenvalue weighted by Gasteiger charge is 2.19. The molecule has 1 aromatic carbocycles. The minimum absolute atomic E-state index is 0.412. The van der Waals surface area contributed by atoms with E-state index in [1.54, 1.807) is 0 Å². The average Bonchev–Trinajstić information content (AvgIpc) is 2.29. The zero-order valence-corrected chi connectivity index (χ0v) is 11.8. The maximum Gasteiger partial charge on any atom is 0.0358 e. The third-order valence-corrected chi connectivity index (χ3v) is 3.47. The van der Waals surface area contributed by atoms with E-state index >= 15 is 0 Å². The fourth-order valence-electron chi connectivity index (χ4n) is 2.13. The van der Waals surface area contributed by atoms with Crippen molar-refractivity contribution < 1.29 is 0 Å². The SMILES string of the molecule is CCC(CNC)C(NC)c1cccc(Br)c1. The summed E-state index contributed by atoms with van der Waals surface area (Å²) < 4.78 is 1.14. The van der Waals surface area contributed by atoms with Gasteiger partial charge < -0.3 is 10.6 Å². The first-order valence-electron chi connectivity index (χ1n) is 5.80. The first-order chi connectivity index (χ1) is 7.72. The van der Waals surface area contributed by atoms with Gasteiger partial charge in [-0.05, 0) is 44.3 Å². The number of rotatable bonds is 6. The Kier molecular flexibility index (Phi) is 6.03. The summed E-state index contributed by atoms with van der Waals surface area (Å²) in [7, 11) is 4.04. The van der Waals surface area contributed by atoms with E-state index in [1.165, 1.54) is 12.0 Å². The number of hydrogen-bond donors (Lipinski definition) is 2. The van der Waals surface area contributed by atoms with Crippen LogP contribution in [0.25, 0.3) is 0 Å². The highest BCUT2D eigenvalue weighted by atomic mass is 79.9. The molecule has 0 radical (unpaired) electrons. The molecule has 90 valence electrons. The quantitative estimate of drug-likeness (QED) is 0.839. The highest BCUT2D eigenvalue weighted by molar-refractivity contribution is 9.10. The van der Waals surface area contributed by atoms with Crippen LogP contribution in [0.15, 0.2) is 28.7 Å². The summed E-state index contributed by atoms with van der Waals surface area (Å²) >= 11 is 3.53. The van der Waals surface area contributed by atoms with Gasteiger partial charge in [0.25, 0.3) is 0 Å². The van der Waals surface area contributed by atoms with Gasteiger partial charge in [0.05, 0.1) is 0 Å².